The summed E-state index contributed by atoms with van der Waals surface area (Å²) in [5.41, 5.74) is 2.09. The minimum atomic E-state index is -3.06. The topological polar surface area (TPSA) is 76.4 Å². The molecule has 3 rings (SSSR count). The lowest BCUT2D eigenvalue weighted by Gasteiger charge is -2.21. The predicted molar refractivity (Wildman–Crippen MR) is 79.8 cm³/mol. The van der Waals surface area contributed by atoms with Gasteiger partial charge >= 0.3 is 6.03 Å². The molecule has 1 aromatic rings. The molecule has 0 aromatic heterocycles. The van der Waals surface area contributed by atoms with E-state index in [0.717, 1.165) is 16.0 Å². The van der Waals surface area contributed by atoms with Crippen molar-refractivity contribution in [3.8, 4) is 6.07 Å². The lowest BCUT2D eigenvalue weighted by molar-refractivity contribution is -0.131. The van der Waals surface area contributed by atoms with Gasteiger partial charge in [0.05, 0.1) is 19.2 Å². The van der Waals surface area contributed by atoms with Gasteiger partial charge in [0.2, 0.25) is 5.91 Å². The Labute approximate surface area is 137 Å². The fourth-order valence-electron chi connectivity index (χ4n) is 3.04. The molecule has 6 nitrogen and oxygen atoms in total. The van der Waals surface area contributed by atoms with Crippen LogP contribution in [-0.4, -0.2) is 46.8 Å². The molecule has 8 heteroatoms. The minimum Gasteiger partial charge on any atom is -0.329 e. The van der Waals surface area contributed by atoms with Crippen LogP contribution in [0, 0.1) is 11.3 Å². The van der Waals surface area contributed by atoms with E-state index in [1.165, 1.54) is 4.90 Å². The highest BCUT2D eigenvalue weighted by atomic mass is 19.3. The maximum atomic E-state index is 13.3. The van der Waals surface area contributed by atoms with Crippen molar-refractivity contribution in [2.75, 3.05) is 13.1 Å². The Morgan fingerprint density at radius 2 is 1.92 bits per heavy atom. The molecule has 0 aliphatic carbocycles. The lowest BCUT2D eigenvalue weighted by Crippen LogP contribution is -2.45. The first kappa shape index (κ1) is 16.2. The number of carbonyl (C=O) groups is 2. The second kappa shape index (κ2) is 6.07. The molecule has 1 N–H and O–H groups in total. The number of hydrogen-bond acceptors (Lipinski definition) is 3. The highest BCUT2D eigenvalue weighted by Crippen LogP contribution is 2.31. The molecule has 2 aliphatic rings. The molecular weight excluding hydrogens is 318 g/mol. The summed E-state index contributed by atoms with van der Waals surface area (Å²) in [7, 11) is 0. The minimum absolute atomic E-state index is 0.403. The zero-order chi connectivity index (χ0) is 17.3. The van der Waals surface area contributed by atoms with Gasteiger partial charge in [0.15, 0.2) is 0 Å². The van der Waals surface area contributed by atoms with E-state index < -0.39 is 43.4 Å². The maximum Gasteiger partial charge on any atom is 0.318 e. The molecule has 1 atom stereocenters. The van der Waals surface area contributed by atoms with Gasteiger partial charge in [-0.15, -0.1) is 0 Å². The highest BCUT2D eigenvalue weighted by Gasteiger charge is 2.47. The second-order valence-electron chi connectivity index (χ2n) is 6.01. The summed E-state index contributed by atoms with van der Waals surface area (Å²) in [6, 6.07) is 7.76. The quantitative estimate of drug-likeness (QED) is 0.890. The van der Waals surface area contributed by atoms with Crippen LogP contribution >= 0.6 is 0 Å². The van der Waals surface area contributed by atoms with Crippen LogP contribution in [0.15, 0.2) is 24.3 Å². The van der Waals surface area contributed by atoms with E-state index in [9.17, 15) is 18.4 Å². The van der Waals surface area contributed by atoms with Gasteiger partial charge < -0.3 is 15.1 Å². The second-order valence-corrected chi connectivity index (χ2v) is 6.01. The number of likely N-dealkylation sites (tertiary alicyclic amines) is 1. The zero-order valence-electron chi connectivity index (χ0n) is 12.8. The Hall–Kier alpha value is -2.69. The van der Waals surface area contributed by atoms with Gasteiger partial charge in [0.1, 0.15) is 6.04 Å². The number of carbonyl (C=O) groups excluding carboxylic acids is 2. The smallest absolute Gasteiger partial charge is 0.318 e. The van der Waals surface area contributed by atoms with E-state index >= 15 is 0 Å². The molecule has 0 saturated carbocycles. The average Bonchev–Trinajstić information content (AvgIpc) is 3.12. The fourth-order valence-corrected chi connectivity index (χ4v) is 3.04. The molecule has 126 valence electrons. The van der Waals surface area contributed by atoms with Gasteiger partial charge in [0, 0.05) is 19.5 Å². The van der Waals surface area contributed by atoms with E-state index in [4.69, 9.17) is 5.26 Å². The highest BCUT2D eigenvalue weighted by molar-refractivity contribution is 5.85. The zero-order valence-corrected chi connectivity index (χ0v) is 12.8. The van der Waals surface area contributed by atoms with Crippen LogP contribution < -0.4 is 5.32 Å². The molecule has 0 bridgehead atoms. The van der Waals surface area contributed by atoms with Crippen LogP contribution in [0.25, 0.3) is 0 Å². The van der Waals surface area contributed by atoms with E-state index in [1.54, 1.807) is 6.07 Å². The monoisotopic (exact) mass is 334 g/mol. The number of amides is 3. The third-order valence-electron chi connectivity index (χ3n) is 4.26. The van der Waals surface area contributed by atoms with Crippen LogP contribution in [0.4, 0.5) is 13.6 Å². The molecule has 1 saturated heterocycles. The number of rotatable bonds is 2. The van der Waals surface area contributed by atoms with Gasteiger partial charge in [-0.2, -0.15) is 5.26 Å². The maximum absolute atomic E-state index is 13.3. The number of benzene rings is 1. The molecule has 1 fully saturated rings. The van der Waals surface area contributed by atoms with Gasteiger partial charge in [-0.25, -0.2) is 13.6 Å². The van der Waals surface area contributed by atoms with Gasteiger partial charge in [-0.3, -0.25) is 4.79 Å². The van der Waals surface area contributed by atoms with Gasteiger partial charge in [-0.05, 0) is 11.1 Å². The Bertz CT molecular complexity index is 691. The number of halogens is 2. The SMILES string of the molecule is N#CC1CC(F)(F)CN1C(=O)CNC(=O)N1Cc2ccccc2C1. The summed E-state index contributed by atoms with van der Waals surface area (Å²) in [4.78, 5) is 26.6. The van der Waals surface area contributed by atoms with Crippen LogP contribution in [0.2, 0.25) is 0 Å². The normalized spacial score (nSPS) is 21.3. The Kier molecular flexibility index (Phi) is 4.09. The molecule has 2 aliphatic heterocycles. The Balaban J connectivity index is 1.54. The lowest BCUT2D eigenvalue weighted by atomic mass is 10.1. The molecule has 0 spiro atoms. The van der Waals surface area contributed by atoms with Crippen molar-refractivity contribution >= 4 is 11.9 Å². The van der Waals surface area contributed by atoms with E-state index in [2.05, 4.69) is 5.32 Å². The first-order valence-corrected chi connectivity index (χ1v) is 7.56. The van der Waals surface area contributed by atoms with E-state index in [0.29, 0.717) is 13.1 Å². The summed E-state index contributed by atoms with van der Waals surface area (Å²) in [5.74, 6) is -3.74. The summed E-state index contributed by atoms with van der Waals surface area (Å²) in [6.07, 6.45) is -0.662. The number of nitrogens with one attached hydrogen (secondary N) is 1. The molecule has 0 radical (unpaired) electrons. The van der Waals surface area contributed by atoms with Crippen molar-refractivity contribution in [1.82, 2.24) is 15.1 Å². The van der Waals surface area contributed by atoms with Crippen LogP contribution in [0.1, 0.15) is 17.5 Å². The fraction of sp³-hybridized carbons (Fsp3) is 0.438. The standard InChI is InChI=1S/C16H16F2N4O2/c17-16(18)5-13(6-19)22(10-16)14(23)7-20-15(24)21-8-11-3-1-2-4-12(11)9-21/h1-4,13H,5,7-10H2,(H,20,24). The number of urea groups is 1. The predicted octanol–water partition coefficient (Wildman–Crippen LogP) is 1.47. The average molecular weight is 334 g/mol. The number of nitrogens with zero attached hydrogens (tertiary/aromatic N) is 3. The molecular formula is C16H16F2N4O2. The van der Waals surface area contributed by atoms with Crippen LogP contribution in [0.3, 0.4) is 0 Å². The third kappa shape index (κ3) is 3.15. The molecule has 1 aromatic carbocycles. The molecule has 2 heterocycles. The molecule has 1 unspecified atom stereocenters. The Morgan fingerprint density at radius 3 is 2.50 bits per heavy atom. The number of fused-ring (bicyclic) bond motifs is 1. The summed E-state index contributed by atoms with van der Waals surface area (Å²) in [6.45, 7) is -0.299. The van der Waals surface area contributed by atoms with Crippen LogP contribution in [-0.2, 0) is 17.9 Å². The number of alkyl halides is 2. The van der Waals surface area contributed by atoms with Crippen molar-refractivity contribution in [1.29, 1.82) is 5.26 Å². The summed E-state index contributed by atoms with van der Waals surface area (Å²) >= 11 is 0. The van der Waals surface area contributed by atoms with Crippen molar-refractivity contribution in [2.24, 2.45) is 0 Å². The van der Waals surface area contributed by atoms with Crippen molar-refractivity contribution in [2.45, 2.75) is 31.5 Å². The first-order valence-electron chi connectivity index (χ1n) is 7.56. The largest absolute Gasteiger partial charge is 0.329 e. The summed E-state index contributed by atoms with van der Waals surface area (Å²) < 4.78 is 26.7. The summed E-state index contributed by atoms with van der Waals surface area (Å²) in [5, 5.41) is 11.3. The van der Waals surface area contributed by atoms with Crippen LogP contribution in [0.5, 0.6) is 0 Å². The van der Waals surface area contributed by atoms with Crippen molar-refractivity contribution < 1.29 is 18.4 Å². The Morgan fingerprint density at radius 1 is 1.29 bits per heavy atom. The first-order chi connectivity index (χ1) is 11.4. The third-order valence-corrected chi connectivity index (χ3v) is 4.26. The molecule has 24 heavy (non-hydrogen) atoms. The number of hydrogen-bond donors (Lipinski definition) is 1. The van der Waals surface area contributed by atoms with Crippen molar-refractivity contribution in [3.63, 3.8) is 0 Å². The van der Waals surface area contributed by atoms with Crippen molar-refractivity contribution in [3.05, 3.63) is 35.4 Å². The van der Waals surface area contributed by atoms with E-state index in [1.807, 2.05) is 24.3 Å². The molecule has 3 amide bonds. The number of nitriles is 1. The van der Waals surface area contributed by atoms with Gasteiger partial charge in [-0.1, -0.05) is 24.3 Å². The van der Waals surface area contributed by atoms with E-state index in [-0.39, 0.29) is 0 Å². The van der Waals surface area contributed by atoms with Gasteiger partial charge in [0.25, 0.3) is 5.92 Å².